The standard InChI is InChI=1S/C12H18N2O3S/c1-8(2)14-18(15,16)11-7-10(13)6-9-4-3-5-17-12(9)11/h6-8,14H,3-5,13H2,1-2H3. The van der Waals surface area contributed by atoms with E-state index in [9.17, 15) is 8.42 Å². The molecule has 0 fully saturated rings. The van der Waals surface area contributed by atoms with Crippen molar-refractivity contribution in [1.82, 2.24) is 4.72 Å². The lowest BCUT2D eigenvalue weighted by Gasteiger charge is -2.21. The Balaban J connectivity index is 2.53. The SMILES string of the molecule is CC(C)NS(=O)(=O)c1cc(N)cc2c1OCCC2. The molecule has 0 amide bonds. The van der Waals surface area contributed by atoms with Gasteiger partial charge in [0.15, 0.2) is 0 Å². The Bertz CT molecular complexity index is 553. The number of nitrogens with two attached hydrogens (primary N) is 1. The highest BCUT2D eigenvalue weighted by Gasteiger charge is 2.25. The molecule has 1 aliphatic rings. The summed E-state index contributed by atoms with van der Waals surface area (Å²) in [5, 5.41) is 0. The molecular weight excluding hydrogens is 252 g/mol. The Kier molecular flexibility index (Phi) is 3.49. The van der Waals surface area contributed by atoms with Gasteiger partial charge in [-0.25, -0.2) is 13.1 Å². The predicted molar refractivity (Wildman–Crippen MR) is 70.1 cm³/mol. The average molecular weight is 270 g/mol. The molecule has 0 aromatic heterocycles. The number of ether oxygens (including phenoxy) is 1. The molecule has 0 atom stereocenters. The summed E-state index contributed by atoms with van der Waals surface area (Å²) in [7, 11) is -3.58. The molecule has 3 N–H and O–H groups in total. The molecule has 2 rings (SSSR count). The zero-order chi connectivity index (χ0) is 13.3. The van der Waals surface area contributed by atoms with Crippen LogP contribution in [0.15, 0.2) is 17.0 Å². The highest BCUT2D eigenvalue weighted by Crippen LogP contribution is 2.34. The zero-order valence-corrected chi connectivity index (χ0v) is 11.4. The number of nitrogens with one attached hydrogen (secondary N) is 1. The van der Waals surface area contributed by atoms with E-state index in [0.29, 0.717) is 18.0 Å². The third-order valence-corrected chi connectivity index (χ3v) is 4.34. The van der Waals surface area contributed by atoms with Gasteiger partial charge in [-0.1, -0.05) is 0 Å². The van der Waals surface area contributed by atoms with Crippen molar-refractivity contribution < 1.29 is 13.2 Å². The van der Waals surface area contributed by atoms with Gasteiger partial charge in [0, 0.05) is 11.7 Å². The Labute approximate surface area is 107 Å². The number of rotatable bonds is 3. The van der Waals surface area contributed by atoms with Crippen molar-refractivity contribution in [2.24, 2.45) is 0 Å². The van der Waals surface area contributed by atoms with E-state index in [-0.39, 0.29) is 10.9 Å². The fourth-order valence-electron chi connectivity index (χ4n) is 2.04. The maximum Gasteiger partial charge on any atom is 0.244 e. The van der Waals surface area contributed by atoms with Gasteiger partial charge >= 0.3 is 0 Å². The highest BCUT2D eigenvalue weighted by atomic mass is 32.2. The topological polar surface area (TPSA) is 81.4 Å². The molecule has 1 aromatic rings. The van der Waals surface area contributed by atoms with Gasteiger partial charge in [0.25, 0.3) is 0 Å². The minimum absolute atomic E-state index is 0.144. The quantitative estimate of drug-likeness (QED) is 0.811. The fraction of sp³-hybridized carbons (Fsp3) is 0.500. The number of fused-ring (bicyclic) bond motifs is 1. The van der Waals surface area contributed by atoms with Crippen LogP contribution in [-0.4, -0.2) is 21.1 Å². The van der Waals surface area contributed by atoms with Crippen molar-refractivity contribution in [3.63, 3.8) is 0 Å². The summed E-state index contributed by atoms with van der Waals surface area (Å²) in [5.74, 6) is 0.448. The maximum atomic E-state index is 12.2. The molecule has 0 aliphatic carbocycles. The lowest BCUT2D eigenvalue weighted by atomic mass is 10.1. The summed E-state index contributed by atoms with van der Waals surface area (Å²) in [6, 6.07) is 3.06. The predicted octanol–water partition coefficient (Wildman–Crippen LogP) is 1.28. The van der Waals surface area contributed by atoms with Gasteiger partial charge in [-0.2, -0.15) is 0 Å². The number of sulfonamides is 1. The molecule has 1 heterocycles. The van der Waals surface area contributed by atoms with Gasteiger partial charge in [0.1, 0.15) is 10.6 Å². The van der Waals surface area contributed by atoms with Crippen LogP contribution in [-0.2, 0) is 16.4 Å². The van der Waals surface area contributed by atoms with Gasteiger partial charge in [-0.15, -0.1) is 0 Å². The molecule has 1 aliphatic heterocycles. The molecule has 0 saturated carbocycles. The Morgan fingerprint density at radius 3 is 2.78 bits per heavy atom. The first-order chi connectivity index (χ1) is 8.40. The van der Waals surface area contributed by atoms with E-state index in [1.165, 1.54) is 6.07 Å². The molecule has 0 bridgehead atoms. The zero-order valence-electron chi connectivity index (χ0n) is 10.6. The first-order valence-corrected chi connectivity index (χ1v) is 7.46. The highest BCUT2D eigenvalue weighted by molar-refractivity contribution is 7.89. The van der Waals surface area contributed by atoms with E-state index in [1.54, 1.807) is 19.9 Å². The van der Waals surface area contributed by atoms with E-state index in [4.69, 9.17) is 10.5 Å². The van der Waals surface area contributed by atoms with Crippen molar-refractivity contribution in [3.05, 3.63) is 17.7 Å². The first-order valence-electron chi connectivity index (χ1n) is 5.97. The lowest BCUT2D eigenvalue weighted by molar-refractivity contribution is 0.280. The molecule has 6 heteroatoms. The van der Waals surface area contributed by atoms with Crippen molar-refractivity contribution in [2.45, 2.75) is 37.6 Å². The Hall–Kier alpha value is -1.27. The van der Waals surface area contributed by atoms with Crippen molar-refractivity contribution in [2.75, 3.05) is 12.3 Å². The number of hydrogen-bond acceptors (Lipinski definition) is 4. The van der Waals surface area contributed by atoms with Crippen LogP contribution in [0.1, 0.15) is 25.8 Å². The number of anilines is 1. The van der Waals surface area contributed by atoms with Crippen LogP contribution in [0.2, 0.25) is 0 Å². The lowest BCUT2D eigenvalue weighted by Crippen LogP contribution is -2.31. The first kappa shape index (κ1) is 13.2. The monoisotopic (exact) mass is 270 g/mol. The summed E-state index contributed by atoms with van der Waals surface area (Å²) in [6.45, 7) is 4.09. The molecule has 0 spiro atoms. The smallest absolute Gasteiger partial charge is 0.244 e. The van der Waals surface area contributed by atoms with E-state index in [1.807, 2.05) is 0 Å². The second kappa shape index (κ2) is 4.78. The summed E-state index contributed by atoms with van der Waals surface area (Å²) >= 11 is 0. The van der Waals surface area contributed by atoms with Crippen LogP contribution in [0.4, 0.5) is 5.69 Å². The number of nitrogen functional groups attached to an aromatic ring is 1. The van der Waals surface area contributed by atoms with Crippen LogP contribution < -0.4 is 15.2 Å². The summed E-state index contributed by atoms with van der Waals surface area (Å²) in [5.41, 5.74) is 7.08. The maximum absolute atomic E-state index is 12.2. The van der Waals surface area contributed by atoms with E-state index < -0.39 is 10.0 Å². The number of benzene rings is 1. The fourth-order valence-corrected chi connectivity index (χ4v) is 3.52. The van der Waals surface area contributed by atoms with Gasteiger partial charge in [0.05, 0.1) is 6.61 Å². The van der Waals surface area contributed by atoms with E-state index in [2.05, 4.69) is 4.72 Å². The second-order valence-corrected chi connectivity index (χ2v) is 6.42. The molecule has 0 saturated heterocycles. The molecule has 18 heavy (non-hydrogen) atoms. The second-order valence-electron chi connectivity index (χ2n) is 4.74. The minimum Gasteiger partial charge on any atom is -0.492 e. The van der Waals surface area contributed by atoms with Gasteiger partial charge in [-0.05, 0) is 44.4 Å². The average Bonchev–Trinajstić information content (AvgIpc) is 2.26. The minimum atomic E-state index is -3.58. The summed E-state index contributed by atoms with van der Waals surface area (Å²) in [4.78, 5) is 0.144. The van der Waals surface area contributed by atoms with Gasteiger partial charge in [0.2, 0.25) is 10.0 Å². The van der Waals surface area contributed by atoms with Crippen LogP contribution >= 0.6 is 0 Å². The summed E-state index contributed by atoms with van der Waals surface area (Å²) < 4.78 is 32.5. The Morgan fingerprint density at radius 2 is 2.11 bits per heavy atom. The van der Waals surface area contributed by atoms with Crippen molar-refractivity contribution >= 4 is 15.7 Å². The van der Waals surface area contributed by atoms with E-state index in [0.717, 1.165) is 18.4 Å². The normalized spacial score (nSPS) is 15.3. The van der Waals surface area contributed by atoms with Crippen molar-refractivity contribution in [1.29, 1.82) is 0 Å². The third kappa shape index (κ3) is 2.59. The molecular formula is C12H18N2O3S. The molecule has 100 valence electrons. The van der Waals surface area contributed by atoms with Crippen molar-refractivity contribution in [3.8, 4) is 5.75 Å². The summed E-state index contributed by atoms with van der Waals surface area (Å²) in [6.07, 6.45) is 1.68. The molecule has 0 unspecified atom stereocenters. The molecule has 1 aromatic carbocycles. The number of aryl methyl sites for hydroxylation is 1. The largest absolute Gasteiger partial charge is 0.492 e. The van der Waals surface area contributed by atoms with Crippen LogP contribution in [0.3, 0.4) is 0 Å². The van der Waals surface area contributed by atoms with Crippen LogP contribution in [0.25, 0.3) is 0 Å². The van der Waals surface area contributed by atoms with Gasteiger partial charge in [-0.3, -0.25) is 0 Å². The third-order valence-electron chi connectivity index (χ3n) is 2.67. The van der Waals surface area contributed by atoms with E-state index >= 15 is 0 Å². The number of hydrogen-bond donors (Lipinski definition) is 2. The molecule has 0 radical (unpaired) electrons. The Morgan fingerprint density at radius 1 is 1.39 bits per heavy atom. The van der Waals surface area contributed by atoms with Crippen LogP contribution in [0, 0.1) is 0 Å². The van der Waals surface area contributed by atoms with Crippen LogP contribution in [0.5, 0.6) is 5.75 Å². The van der Waals surface area contributed by atoms with Gasteiger partial charge < -0.3 is 10.5 Å². The molecule has 5 nitrogen and oxygen atoms in total.